The predicted octanol–water partition coefficient (Wildman–Crippen LogP) is 2.45. The molecule has 1 aliphatic rings. The lowest BCUT2D eigenvalue weighted by molar-refractivity contribution is -0.115. The second kappa shape index (κ2) is 8.32. The van der Waals surface area contributed by atoms with Crippen LogP contribution in [0.25, 0.3) is 11.6 Å². The molecule has 3 N–H and O–H groups in total. The highest BCUT2D eigenvalue weighted by Crippen LogP contribution is 2.24. The molecule has 1 fully saturated rings. The van der Waals surface area contributed by atoms with E-state index in [1.165, 1.54) is 0 Å². The van der Waals surface area contributed by atoms with Gasteiger partial charge in [-0.15, -0.1) is 12.4 Å². The normalized spacial score (nSPS) is 16.1. The molecule has 1 amide bonds. The molecule has 2 aromatic heterocycles. The third-order valence-corrected chi connectivity index (χ3v) is 4.44. The first-order chi connectivity index (χ1) is 12.7. The lowest BCUT2D eigenvalue weighted by Gasteiger charge is -2.03. The summed E-state index contributed by atoms with van der Waals surface area (Å²) in [5.74, 6) is 0.883. The summed E-state index contributed by atoms with van der Waals surface area (Å²) in [7, 11) is 0. The number of rotatable bonds is 5. The minimum atomic E-state index is -0.194. The van der Waals surface area contributed by atoms with Crippen molar-refractivity contribution in [3.05, 3.63) is 47.4 Å². The molecular weight excluding hydrogens is 368 g/mol. The molecule has 8 nitrogen and oxygen atoms in total. The van der Waals surface area contributed by atoms with Crippen molar-refractivity contribution >= 4 is 24.0 Å². The molecule has 1 saturated heterocycles. The molecule has 0 aliphatic carbocycles. The number of nitrogens with zero attached hydrogens (tertiary/aromatic N) is 3. The van der Waals surface area contributed by atoms with Gasteiger partial charge in [0.2, 0.25) is 5.91 Å². The number of benzene rings is 1. The van der Waals surface area contributed by atoms with Gasteiger partial charge in [-0.25, -0.2) is 0 Å². The maximum atomic E-state index is 12.1. The molecule has 142 valence electrons. The fourth-order valence-electron chi connectivity index (χ4n) is 2.99. The van der Waals surface area contributed by atoms with E-state index in [0.29, 0.717) is 23.3 Å². The SMILES string of the molecule is Cc1ccc(NC(=O)Cc2noc(-c3cc(C4CCNC4)[nH]n3)n2)cc1.Cl. The number of aromatic nitrogens is 4. The number of carbonyl (C=O) groups excluding carboxylic acids is 1. The minimum absolute atomic E-state index is 0. The van der Waals surface area contributed by atoms with E-state index >= 15 is 0 Å². The summed E-state index contributed by atoms with van der Waals surface area (Å²) in [5.41, 5.74) is 3.54. The van der Waals surface area contributed by atoms with Gasteiger partial charge in [0.15, 0.2) is 11.5 Å². The topological polar surface area (TPSA) is 109 Å². The average molecular weight is 389 g/mol. The zero-order chi connectivity index (χ0) is 17.9. The lowest BCUT2D eigenvalue weighted by Crippen LogP contribution is -2.15. The van der Waals surface area contributed by atoms with Crippen LogP contribution in [0.15, 0.2) is 34.9 Å². The van der Waals surface area contributed by atoms with Gasteiger partial charge >= 0.3 is 0 Å². The second-order valence-electron chi connectivity index (χ2n) is 6.50. The lowest BCUT2D eigenvalue weighted by atomic mass is 10.1. The molecule has 1 unspecified atom stereocenters. The first-order valence-electron chi connectivity index (χ1n) is 8.63. The molecule has 4 rings (SSSR count). The number of halogens is 1. The van der Waals surface area contributed by atoms with Gasteiger partial charge in [-0.05, 0) is 38.1 Å². The van der Waals surface area contributed by atoms with Crippen molar-refractivity contribution in [1.82, 2.24) is 25.7 Å². The van der Waals surface area contributed by atoms with E-state index in [1.54, 1.807) is 0 Å². The van der Waals surface area contributed by atoms with Gasteiger partial charge in [0.05, 0.1) is 6.42 Å². The number of anilines is 1. The fourth-order valence-corrected chi connectivity index (χ4v) is 2.99. The van der Waals surface area contributed by atoms with E-state index in [9.17, 15) is 4.79 Å². The Morgan fingerprint density at radius 3 is 2.89 bits per heavy atom. The zero-order valence-electron chi connectivity index (χ0n) is 14.9. The Kier molecular flexibility index (Phi) is 5.88. The number of aryl methyl sites for hydroxylation is 1. The summed E-state index contributed by atoms with van der Waals surface area (Å²) < 4.78 is 5.25. The van der Waals surface area contributed by atoms with Crippen molar-refractivity contribution in [3.8, 4) is 11.6 Å². The largest absolute Gasteiger partial charge is 0.332 e. The fraction of sp³-hybridized carbons (Fsp3) is 0.333. The molecule has 27 heavy (non-hydrogen) atoms. The molecule has 0 saturated carbocycles. The molecule has 0 radical (unpaired) electrons. The predicted molar refractivity (Wildman–Crippen MR) is 103 cm³/mol. The van der Waals surface area contributed by atoms with Crippen molar-refractivity contribution in [3.63, 3.8) is 0 Å². The molecule has 1 atom stereocenters. The average Bonchev–Trinajstić information content (AvgIpc) is 3.37. The van der Waals surface area contributed by atoms with Gasteiger partial charge in [0.1, 0.15) is 0 Å². The Bertz CT molecular complexity index is 899. The smallest absolute Gasteiger partial charge is 0.278 e. The van der Waals surface area contributed by atoms with Crippen molar-refractivity contribution in [2.24, 2.45) is 0 Å². The van der Waals surface area contributed by atoms with Crippen molar-refractivity contribution in [1.29, 1.82) is 0 Å². The number of hydrogen-bond acceptors (Lipinski definition) is 6. The van der Waals surface area contributed by atoms with Crippen LogP contribution in [0.5, 0.6) is 0 Å². The number of carbonyl (C=O) groups is 1. The van der Waals surface area contributed by atoms with Crippen LogP contribution in [0.2, 0.25) is 0 Å². The Balaban J connectivity index is 0.00000210. The third-order valence-electron chi connectivity index (χ3n) is 4.44. The quantitative estimate of drug-likeness (QED) is 0.619. The Morgan fingerprint density at radius 2 is 2.15 bits per heavy atom. The van der Waals surface area contributed by atoms with Crippen LogP contribution in [-0.4, -0.2) is 39.3 Å². The first kappa shape index (κ1) is 19.1. The molecule has 1 aliphatic heterocycles. The highest BCUT2D eigenvalue weighted by Gasteiger charge is 2.21. The summed E-state index contributed by atoms with van der Waals surface area (Å²) in [6, 6.07) is 9.53. The van der Waals surface area contributed by atoms with Crippen LogP contribution in [0, 0.1) is 6.92 Å². The number of hydrogen-bond donors (Lipinski definition) is 3. The number of H-pyrrole nitrogens is 1. The van der Waals surface area contributed by atoms with Gasteiger partial charge in [-0.3, -0.25) is 9.89 Å². The number of aromatic amines is 1. The van der Waals surface area contributed by atoms with E-state index in [0.717, 1.165) is 36.5 Å². The van der Waals surface area contributed by atoms with Gasteiger partial charge in [-0.1, -0.05) is 22.9 Å². The second-order valence-corrected chi connectivity index (χ2v) is 6.50. The summed E-state index contributed by atoms with van der Waals surface area (Å²) >= 11 is 0. The number of nitrogens with one attached hydrogen (secondary N) is 3. The Hall–Kier alpha value is -2.71. The van der Waals surface area contributed by atoms with Crippen molar-refractivity contribution in [2.75, 3.05) is 18.4 Å². The Labute approximate surface area is 162 Å². The van der Waals surface area contributed by atoms with Gasteiger partial charge < -0.3 is 15.2 Å². The molecule has 3 heterocycles. The summed E-state index contributed by atoms with van der Waals surface area (Å²) in [4.78, 5) is 16.4. The van der Waals surface area contributed by atoms with Crippen molar-refractivity contribution < 1.29 is 9.32 Å². The van der Waals surface area contributed by atoms with E-state index in [4.69, 9.17) is 4.52 Å². The highest BCUT2D eigenvalue weighted by molar-refractivity contribution is 5.91. The summed E-state index contributed by atoms with van der Waals surface area (Å²) in [6.45, 7) is 3.95. The van der Waals surface area contributed by atoms with Crippen LogP contribution in [0.1, 0.15) is 29.4 Å². The summed E-state index contributed by atoms with van der Waals surface area (Å²) in [5, 5.41) is 17.3. The highest BCUT2D eigenvalue weighted by atomic mass is 35.5. The minimum Gasteiger partial charge on any atom is -0.332 e. The van der Waals surface area contributed by atoms with Gasteiger partial charge in [0.25, 0.3) is 5.89 Å². The maximum absolute atomic E-state index is 12.1. The Morgan fingerprint density at radius 1 is 1.33 bits per heavy atom. The molecule has 0 bridgehead atoms. The van der Waals surface area contributed by atoms with Crippen LogP contribution in [0.4, 0.5) is 5.69 Å². The van der Waals surface area contributed by atoms with Crippen LogP contribution in [0.3, 0.4) is 0 Å². The van der Waals surface area contributed by atoms with Gasteiger partial charge in [0, 0.05) is 23.8 Å². The molecule has 0 spiro atoms. The standard InChI is InChI=1S/C18H20N6O2.ClH/c1-11-2-4-13(5-3-11)20-17(25)9-16-21-18(26-24-16)15-8-14(22-23-15)12-6-7-19-10-12;/h2-5,8,12,19H,6-7,9-10H2,1H3,(H,20,25)(H,22,23);1H. The first-order valence-corrected chi connectivity index (χ1v) is 8.63. The van der Waals surface area contributed by atoms with E-state index in [2.05, 4.69) is 31.0 Å². The van der Waals surface area contributed by atoms with E-state index in [1.807, 2.05) is 37.3 Å². The molecule has 1 aromatic carbocycles. The summed E-state index contributed by atoms with van der Waals surface area (Å²) in [6.07, 6.45) is 1.12. The van der Waals surface area contributed by atoms with E-state index in [-0.39, 0.29) is 24.7 Å². The van der Waals surface area contributed by atoms with Crippen LogP contribution < -0.4 is 10.6 Å². The molecule has 9 heteroatoms. The van der Waals surface area contributed by atoms with Crippen LogP contribution >= 0.6 is 12.4 Å². The van der Waals surface area contributed by atoms with Crippen molar-refractivity contribution in [2.45, 2.75) is 25.7 Å². The molecular formula is C18H21ClN6O2. The van der Waals surface area contributed by atoms with E-state index < -0.39 is 0 Å². The zero-order valence-corrected chi connectivity index (χ0v) is 15.7. The monoisotopic (exact) mass is 388 g/mol. The third kappa shape index (κ3) is 4.53. The van der Waals surface area contributed by atoms with Crippen LogP contribution in [-0.2, 0) is 11.2 Å². The molecule has 3 aromatic rings. The number of amides is 1. The maximum Gasteiger partial charge on any atom is 0.278 e. The van der Waals surface area contributed by atoms with Gasteiger partial charge in [-0.2, -0.15) is 10.1 Å².